The van der Waals surface area contributed by atoms with E-state index >= 15 is 0 Å². The SMILES string of the molecule is CC(C)CC(=O)N1CCc2c(ncnc2NC(=O)C(C)(C)C23CC4CC(CC(C4)C2)C3)C1. The van der Waals surface area contributed by atoms with Crippen LogP contribution in [0.25, 0.3) is 0 Å². The summed E-state index contributed by atoms with van der Waals surface area (Å²) in [5, 5.41) is 3.22. The largest absolute Gasteiger partial charge is 0.336 e. The maximum absolute atomic E-state index is 13.7. The van der Waals surface area contributed by atoms with Gasteiger partial charge in [0.15, 0.2) is 0 Å². The molecule has 2 heterocycles. The molecule has 4 fully saturated rings. The van der Waals surface area contributed by atoms with E-state index in [0.29, 0.717) is 37.7 Å². The first-order chi connectivity index (χ1) is 15.2. The Balaban J connectivity index is 1.33. The van der Waals surface area contributed by atoms with Gasteiger partial charge >= 0.3 is 0 Å². The Bertz CT molecular complexity index is 887. The lowest BCUT2D eigenvalue weighted by molar-refractivity contribution is -0.151. The second-order valence-electron chi connectivity index (χ2n) is 12.1. The molecule has 4 bridgehead atoms. The van der Waals surface area contributed by atoms with Gasteiger partial charge in [-0.2, -0.15) is 0 Å². The summed E-state index contributed by atoms with van der Waals surface area (Å²) in [6, 6.07) is 0. The van der Waals surface area contributed by atoms with Crippen molar-refractivity contribution in [1.82, 2.24) is 14.9 Å². The third-order valence-corrected chi connectivity index (χ3v) is 9.11. The highest BCUT2D eigenvalue weighted by atomic mass is 16.2. The lowest BCUT2D eigenvalue weighted by Gasteiger charge is -2.61. The zero-order chi connectivity index (χ0) is 22.7. The number of nitrogens with zero attached hydrogens (tertiary/aromatic N) is 3. The molecule has 1 aliphatic heterocycles. The summed E-state index contributed by atoms with van der Waals surface area (Å²) in [5.74, 6) is 3.71. The molecular weight excluding hydrogens is 400 g/mol. The third-order valence-electron chi connectivity index (χ3n) is 9.11. The predicted molar refractivity (Wildman–Crippen MR) is 124 cm³/mol. The first-order valence-corrected chi connectivity index (χ1v) is 12.6. The van der Waals surface area contributed by atoms with Gasteiger partial charge in [0.2, 0.25) is 11.8 Å². The Kier molecular flexibility index (Phi) is 5.33. The van der Waals surface area contributed by atoms with Crippen molar-refractivity contribution >= 4 is 17.6 Å². The van der Waals surface area contributed by atoms with E-state index in [-0.39, 0.29) is 17.2 Å². The highest BCUT2D eigenvalue weighted by molar-refractivity contribution is 5.95. The maximum atomic E-state index is 13.7. The van der Waals surface area contributed by atoms with E-state index in [2.05, 4.69) is 43.0 Å². The average Bonchev–Trinajstić information content (AvgIpc) is 2.72. The molecule has 0 saturated heterocycles. The van der Waals surface area contributed by atoms with E-state index in [0.717, 1.165) is 29.0 Å². The van der Waals surface area contributed by atoms with Gasteiger partial charge in [-0.1, -0.05) is 27.7 Å². The summed E-state index contributed by atoms with van der Waals surface area (Å²) in [5.41, 5.74) is 1.57. The highest BCUT2D eigenvalue weighted by Gasteiger charge is 2.59. The van der Waals surface area contributed by atoms with Gasteiger partial charge in [-0.15, -0.1) is 0 Å². The van der Waals surface area contributed by atoms with Crippen LogP contribution in [0.3, 0.4) is 0 Å². The molecule has 0 radical (unpaired) electrons. The number of anilines is 1. The van der Waals surface area contributed by atoms with Gasteiger partial charge in [-0.05, 0) is 74.0 Å². The van der Waals surface area contributed by atoms with Crippen molar-refractivity contribution in [2.75, 3.05) is 11.9 Å². The van der Waals surface area contributed by atoms with Gasteiger partial charge in [-0.3, -0.25) is 9.59 Å². The van der Waals surface area contributed by atoms with Gasteiger partial charge in [0.1, 0.15) is 12.1 Å². The van der Waals surface area contributed by atoms with Crippen molar-refractivity contribution < 1.29 is 9.59 Å². The fourth-order valence-electron chi connectivity index (χ4n) is 7.53. The van der Waals surface area contributed by atoms with Crippen LogP contribution in [0.15, 0.2) is 6.33 Å². The average molecular weight is 439 g/mol. The molecule has 0 aromatic carbocycles. The standard InChI is InChI=1S/C26H38N4O2/c1-16(2)7-22(31)30-6-5-20-21(14-30)27-15-28-23(20)29-24(32)25(3,4)26-11-17-8-18(12-26)10-19(9-17)13-26/h15-19H,5-14H2,1-4H3,(H,27,28,29,32). The summed E-state index contributed by atoms with van der Waals surface area (Å²) in [7, 11) is 0. The summed E-state index contributed by atoms with van der Waals surface area (Å²) in [4.78, 5) is 37.0. The molecule has 1 aromatic heterocycles. The molecule has 1 N–H and O–H groups in total. The Hall–Kier alpha value is -1.98. The topological polar surface area (TPSA) is 75.2 Å². The van der Waals surface area contributed by atoms with Crippen molar-refractivity contribution in [3.63, 3.8) is 0 Å². The Labute approximate surface area is 192 Å². The molecule has 1 aromatic rings. The lowest BCUT2D eigenvalue weighted by atomic mass is 9.43. The summed E-state index contributed by atoms with van der Waals surface area (Å²) >= 11 is 0. The monoisotopic (exact) mass is 438 g/mol. The quantitative estimate of drug-likeness (QED) is 0.730. The van der Waals surface area contributed by atoms with Crippen LogP contribution in [0.1, 0.15) is 83.9 Å². The Morgan fingerprint density at radius 3 is 2.34 bits per heavy atom. The first kappa shape index (κ1) is 21.8. The fraction of sp³-hybridized carbons (Fsp3) is 0.769. The smallest absolute Gasteiger partial charge is 0.231 e. The van der Waals surface area contributed by atoms with Gasteiger partial charge < -0.3 is 10.2 Å². The second kappa shape index (κ2) is 7.81. The third kappa shape index (κ3) is 3.63. The van der Waals surface area contributed by atoms with E-state index < -0.39 is 5.41 Å². The Morgan fingerprint density at radius 2 is 1.75 bits per heavy atom. The van der Waals surface area contributed by atoms with E-state index in [4.69, 9.17) is 0 Å². The molecule has 32 heavy (non-hydrogen) atoms. The minimum Gasteiger partial charge on any atom is -0.336 e. The molecule has 4 saturated carbocycles. The number of hydrogen-bond acceptors (Lipinski definition) is 4. The van der Waals surface area contributed by atoms with Crippen LogP contribution in [-0.4, -0.2) is 33.2 Å². The maximum Gasteiger partial charge on any atom is 0.231 e. The number of hydrogen-bond donors (Lipinski definition) is 1. The van der Waals surface area contributed by atoms with Crippen LogP contribution in [0.4, 0.5) is 5.82 Å². The summed E-state index contributed by atoms with van der Waals surface area (Å²) in [6.45, 7) is 9.62. The number of carbonyl (C=O) groups excluding carboxylic acids is 2. The van der Waals surface area contributed by atoms with Crippen molar-refractivity contribution in [3.8, 4) is 0 Å². The molecule has 6 nitrogen and oxygen atoms in total. The normalized spacial score (nSPS) is 31.0. The van der Waals surface area contributed by atoms with E-state index in [9.17, 15) is 9.59 Å². The zero-order valence-electron chi connectivity index (χ0n) is 20.1. The second-order valence-corrected chi connectivity index (χ2v) is 12.1. The van der Waals surface area contributed by atoms with Crippen molar-refractivity contribution in [3.05, 3.63) is 17.6 Å². The fourth-order valence-corrected chi connectivity index (χ4v) is 7.53. The molecular formula is C26H38N4O2. The van der Waals surface area contributed by atoms with Gasteiger partial charge in [0, 0.05) is 23.9 Å². The molecule has 0 spiro atoms. The molecule has 6 rings (SSSR count). The van der Waals surface area contributed by atoms with E-state index in [1.54, 1.807) is 0 Å². The van der Waals surface area contributed by atoms with E-state index in [1.807, 2.05) is 4.90 Å². The molecule has 174 valence electrons. The number of rotatable bonds is 5. The summed E-state index contributed by atoms with van der Waals surface area (Å²) in [6.07, 6.45) is 10.5. The van der Waals surface area contributed by atoms with Crippen molar-refractivity contribution in [2.45, 2.75) is 85.6 Å². The molecule has 0 unspecified atom stereocenters. The van der Waals surface area contributed by atoms with Crippen LogP contribution < -0.4 is 5.32 Å². The van der Waals surface area contributed by atoms with Crippen LogP contribution >= 0.6 is 0 Å². The van der Waals surface area contributed by atoms with Crippen molar-refractivity contribution in [2.24, 2.45) is 34.5 Å². The number of carbonyl (C=O) groups is 2. The molecule has 5 aliphatic rings. The van der Waals surface area contributed by atoms with Gasteiger partial charge in [-0.25, -0.2) is 9.97 Å². The van der Waals surface area contributed by atoms with Gasteiger partial charge in [0.05, 0.1) is 12.2 Å². The minimum absolute atomic E-state index is 0.0960. The number of amides is 2. The van der Waals surface area contributed by atoms with Crippen LogP contribution in [0.5, 0.6) is 0 Å². The predicted octanol–water partition coefficient (Wildman–Crippen LogP) is 4.59. The molecule has 4 aliphatic carbocycles. The van der Waals surface area contributed by atoms with Gasteiger partial charge in [0.25, 0.3) is 0 Å². The van der Waals surface area contributed by atoms with Crippen LogP contribution in [-0.2, 0) is 22.6 Å². The number of fused-ring (bicyclic) bond motifs is 1. The van der Waals surface area contributed by atoms with Crippen LogP contribution in [0, 0.1) is 34.5 Å². The lowest BCUT2D eigenvalue weighted by Crippen LogP contribution is -2.56. The molecule has 0 atom stereocenters. The minimum atomic E-state index is -0.422. The van der Waals surface area contributed by atoms with E-state index in [1.165, 1.54) is 44.9 Å². The molecule has 6 heteroatoms. The number of nitrogens with one attached hydrogen (secondary N) is 1. The van der Waals surface area contributed by atoms with Crippen LogP contribution in [0.2, 0.25) is 0 Å². The number of aromatic nitrogens is 2. The zero-order valence-corrected chi connectivity index (χ0v) is 20.1. The summed E-state index contributed by atoms with van der Waals surface area (Å²) < 4.78 is 0. The van der Waals surface area contributed by atoms with Crippen molar-refractivity contribution in [1.29, 1.82) is 0 Å². The molecule has 2 amide bonds. The highest BCUT2D eigenvalue weighted by Crippen LogP contribution is 2.66. The first-order valence-electron chi connectivity index (χ1n) is 12.6. The Morgan fingerprint density at radius 1 is 1.12 bits per heavy atom.